The van der Waals surface area contributed by atoms with E-state index in [1.54, 1.807) is 6.07 Å². The molecule has 0 spiro atoms. The van der Waals surface area contributed by atoms with Gasteiger partial charge in [-0.25, -0.2) is 4.79 Å². The zero-order valence-corrected chi connectivity index (χ0v) is 16.3. The van der Waals surface area contributed by atoms with Gasteiger partial charge in [0.1, 0.15) is 16.4 Å². The van der Waals surface area contributed by atoms with Crippen LogP contribution in [0.1, 0.15) is 27.2 Å². The van der Waals surface area contributed by atoms with E-state index < -0.39 is 10.9 Å². The third-order valence-electron chi connectivity index (χ3n) is 4.19. The van der Waals surface area contributed by atoms with Crippen LogP contribution >= 0.6 is 23.6 Å². The van der Waals surface area contributed by atoms with Gasteiger partial charge in [-0.05, 0) is 49.2 Å². The van der Waals surface area contributed by atoms with Crippen LogP contribution in [0.15, 0.2) is 18.2 Å². The fourth-order valence-corrected chi connectivity index (χ4v) is 4.52. The van der Waals surface area contributed by atoms with Gasteiger partial charge >= 0.3 is 5.97 Å². The first-order valence-electron chi connectivity index (χ1n) is 8.08. The number of nitrogens with one attached hydrogen (secondary N) is 2. The van der Waals surface area contributed by atoms with Crippen molar-refractivity contribution in [3.8, 4) is 5.75 Å². The summed E-state index contributed by atoms with van der Waals surface area (Å²) in [6.07, 6.45) is 2.74. The molecule has 3 rings (SSSR count). The molecule has 1 aliphatic rings. The number of aryl methyl sites for hydroxylation is 1. The quantitative estimate of drug-likeness (QED) is 0.334. The minimum absolute atomic E-state index is 0.147. The van der Waals surface area contributed by atoms with Gasteiger partial charge in [-0.3, -0.25) is 10.1 Å². The number of fused-ring (bicyclic) bond motifs is 1. The molecule has 0 radical (unpaired) electrons. The van der Waals surface area contributed by atoms with Gasteiger partial charge in [0, 0.05) is 4.88 Å². The van der Waals surface area contributed by atoms with Gasteiger partial charge in [0.15, 0.2) is 5.11 Å². The molecular weight excluding hydrogens is 390 g/mol. The van der Waals surface area contributed by atoms with Crippen LogP contribution in [0.5, 0.6) is 5.75 Å². The number of nitrogens with zero attached hydrogens (tertiary/aromatic N) is 1. The Bertz CT molecular complexity index is 926. The second-order valence-corrected chi connectivity index (χ2v) is 7.29. The standard InChI is InChI=1S/C17H17N3O5S2/c1-24-9-6-7-11(12(8-9)20(22)23)18-17(26)19-15-14(16(21)25-2)10-4-3-5-13(10)27-15/h6-8H,3-5H2,1-2H3,(H2,18,19,26). The predicted octanol–water partition coefficient (Wildman–Crippen LogP) is 3.75. The molecular formula is C17H17N3O5S2. The van der Waals surface area contributed by atoms with E-state index in [0.29, 0.717) is 16.3 Å². The number of hydrogen-bond donors (Lipinski definition) is 2. The van der Waals surface area contributed by atoms with Gasteiger partial charge < -0.3 is 20.1 Å². The SMILES string of the molecule is COC(=O)c1c(NC(=S)Nc2ccc(OC)cc2[N+](=O)[O-])sc2c1CCC2. The number of nitro groups is 1. The summed E-state index contributed by atoms with van der Waals surface area (Å²) in [6, 6.07) is 4.42. The molecule has 0 amide bonds. The highest BCUT2D eigenvalue weighted by molar-refractivity contribution is 7.80. The molecule has 1 aromatic heterocycles. The molecule has 0 unspecified atom stereocenters. The molecule has 0 fully saturated rings. The molecule has 1 heterocycles. The number of thiophene rings is 1. The van der Waals surface area contributed by atoms with Gasteiger partial charge in [0.05, 0.1) is 30.8 Å². The minimum atomic E-state index is -0.521. The Hall–Kier alpha value is -2.72. The third kappa shape index (κ3) is 3.86. The lowest BCUT2D eigenvalue weighted by Gasteiger charge is -2.12. The van der Waals surface area contributed by atoms with Crippen molar-refractivity contribution in [1.82, 2.24) is 0 Å². The summed E-state index contributed by atoms with van der Waals surface area (Å²) < 4.78 is 9.92. The lowest BCUT2D eigenvalue weighted by atomic mass is 10.1. The number of benzene rings is 1. The summed E-state index contributed by atoms with van der Waals surface area (Å²) in [5.41, 5.74) is 1.54. The molecule has 8 nitrogen and oxygen atoms in total. The number of anilines is 2. The van der Waals surface area contributed by atoms with E-state index in [-0.39, 0.29) is 16.5 Å². The van der Waals surface area contributed by atoms with Crippen LogP contribution in [0.2, 0.25) is 0 Å². The Morgan fingerprint density at radius 1 is 1.30 bits per heavy atom. The summed E-state index contributed by atoms with van der Waals surface area (Å²) in [7, 11) is 2.77. The molecule has 0 bridgehead atoms. The molecule has 0 saturated carbocycles. The summed E-state index contributed by atoms with van der Waals surface area (Å²) in [5, 5.41) is 17.8. The molecule has 1 aromatic carbocycles. The molecule has 0 atom stereocenters. The third-order valence-corrected chi connectivity index (χ3v) is 5.60. The number of carbonyl (C=O) groups excluding carboxylic acids is 1. The monoisotopic (exact) mass is 407 g/mol. The Morgan fingerprint density at radius 2 is 2.07 bits per heavy atom. The first-order chi connectivity index (χ1) is 12.9. The van der Waals surface area contributed by atoms with Gasteiger partial charge in [0.2, 0.25) is 0 Å². The summed E-state index contributed by atoms with van der Waals surface area (Å²) in [5.74, 6) is -0.0519. The van der Waals surface area contributed by atoms with Crippen molar-refractivity contribution >= 4 is 51.0 Å². The maximum Gasteiger partial charge on any atom is 0.341 e. The van der Waals surface area contributed by atoms with Crippen molar-refractivity contribution < 1.29 is 19.2 Å². The van der Waals surface area contributed by atoms with E-state index in [1.165, 1.54) is 37.7 Å². The topological polar surface area (TPSA) is 103 Å². The molecule has 10 heteroatoms. The molecule has 142 valence electrons. The number of esters is 1. The van der Waals surface area contributed by atoms with Crippen molar-refractivity contribution in [2.45, 2.75) is 19.3 Å². The van der Waals surface area contributed by atoms with E-state index >= 15 is 0 Å². The first kappa shape index (κ1) is 19.1. The van der Waals surface area contributed by atoms with Crippen LogP contribution in [0.25, 0.3) is 0 Å². The Kier molecular flexibility index (Phi) is 5.57. The fraction of sp³-hybridized carbons (Fsp3) is 0.294. The second kappa shape index (κ2) is 7.89. The number of thiocarbonyl (C=S) groups is 1. The lowest BCUT2D eigenvalue weighted by Crippen LogP contribution is -2.20. The highest BCUT2D eigenvalue weighted by Crippen LogP contribution is 2.39. The van der Waals surface area contributed by atoms with Gasteiger partial charge in [0.25, 0.3) is 5.69 Å². The zero-order chi connectivity index (χ0) is 19.6. The van der Waals surface area contributed by atoms with Crippen LogP contribution < -0.4 is 15.4 Å². The summed E-state index contributed by atoms with van der Waals surface area (Å²) >= 11 is 6.75. The van der Waals surface area contributed by atoms with Crippen molar-refractivity contribution in [1.29, 1.82) is 0 Å². The minimum Gasteiger partial charge on any atom is -0.496 e. The number of carbonyl (C=O) groups is 1. The van der Waals surface area contributed by atoms with Crippen LogP contribution in [-0.4, -0.2) is 30.2 Å². The van der Waals surface area contributed by atoms with Crippen LogP contribution in [0, 0.1) is 10.1 Å². The van der Waals surface area contributed by atoms with Crippen LogP contribution in [-0.2, 0) is 17.6 Å². The Balaban J connectivity index is 1.83. The van der Waals surface area contributed by atoms with Crippen LogP contribution in [0.3, 0.4) is 0 Å². The number of hydrogen-bond acceptors (Lipinski definition) is 7. The Morgan fingerprint density at radius 3 is 2.74 bits per heavy atom. The van der Waals surface area contributed by atoms with Crippen molar-refractivity contribution in [2.24, 2.45) is 0 Å². The zero-order valence-electron chi connectivity index (χ0n) is 14.7. The average Bonchev–Trinajstić information content (AvgIpc) is 3.21. The smallest absolute Gasteiger partial charge is 0.341 e. The number of ether oxygens (including phenoxy) is 2. The second-order valence-electron chi connectivity index (χ2n) is 5.77. The van der Waals surface area contributed by atoms with E-state index in [4.69, 9.17) is 21.7 Å². The number of methoxy groups -OCH3 is 2. The Labute approximate surface area is 164 Å². The normalized spacial score (nSPS) is 12.2. The molecule has 0 aliphatic heterocycles. The van der Waals surface area contributed by atoms with Gasteiger partial charge in [-0.1, -0.05) is 0 Å². The van der Waals surface area contributed by atoms with Gasteiger partial charge in [-0.2, -0.15) is 0 Å². The summed E-state index contributed by atoms with van der Waals surface area (Å²) in [4.78, 5) is 24.1. The van der Waals surface area contributed by atoms with Crippen molar-refractivity contribution in [3.63, 3.8) is 0 Å². The first-order valence-corrected chi connectivity index (χ1v) is 9.30. The van der Waals surface area contributed by atoms with E-state index in [9.17, 15) is 14.9 Å². The largest absolute Gasteiger partial charge is 0.496 e. The fourth-order valence-electron chi connectivity index (χ4n) is 2.96. The predicted molar refractivity (Wildman–Crippen MR) is 107 cm³/mol. The maximum absolute atomic E-state index is 12.2. The van der Waals surface area contributed by atoms with Crippen LogP contribution in [0.4, 0.5) is 16.4 Å². The molecule has 2 N–H and O–H groups in total. The van der Waals surface area contributed by atoms with E-state index in [2.05, 4.69) is 10.6 Å². The highest BCUT2D eigenvalue weighted by atomic mass is 32.1. The van der Waals surface area contributed by atoms with Crippen molar-refractivity contribution in [3.05, 3.63) is 44.3 Å². The molecule has 27 heavy (non-hydrogen) atoms. The van der Waals surface area contributed by atoms with Crippen molar-refractivity contribution in [2.75, 3.05) is 24.9 Å². The maximum atomic E-state index is 12.2. The van der Waals surface area contributed by atoms with E-state index in [1.807, 2.05) is 0 Å². The lowest BCUT2D eigenvalue weighted by molar-refractivity contribution is -0.384. The number of nitro benzene ring substituents is 1. The molecule has 2 aromatic rings. The molecule has 0 saturated heterocycles. The average molecular weight is 407 g/mol. The number of rotatable bonds is 5. The molecule has 1 aliphatic carbocycles. The summed E-state index contributed by atoms with van der Waals surface area (Å²) in [6.45, 7) is 0. The van der Waals surface area contributed by atoms with E-state index in [0.717, 1.165) is 29.7 Å². The highest BCUT2D eigenvalue weighted by Gasteiger charge is 2.27. The van der Waals surface area contributed by atoms with Gasteiger partial charge in [-0.15, -0.1) is 11.3 Å².